The summed E-state index contributed by atoms with van der Waals surface area (Å²) in [6, 6.07) is 0. The van der Waals surface area contributed by atoms with Gasteiger partial charge in [-0.1, -0.05) is 6.92 Å². The Balaban J connectivity index is 2.31. The van der Waals surface area contributed by atoms with Crippen molar-refractivity contribution in [2.75, 3.05) is 33.3 Å². The Morgan fingerprint density at radius 2 is 2.22 bits per heavy atom. The molecular formula is C14H30N2O2. The van der Waals surface area contributed by atoms with Crippen LogP contribution in [-0.4, -0.2) is 54.5 Å². The smallest absolute Gasteiger partial charge is 0.0777 e. The average Bonchev–Trinajstić information content (AvgIpc) is 2.39. The summed E-state index contributed by atoms with van der Waals surface area (Å²) in [5.74, 6) is 0. The predicted molar refractivity (Wildman–Crippen MR) is 74.6 cm³/mol. The van der Waals surface area contributed by atoms with Crippen LogP contribution in [0.2, 0.25) is 0 Å². The number of piperidine rings is 1. The van der Waals surface area contributed by atoms with Gasteiger partial charge in [0.25, 0.3) is 0 Å². The van der Waals surface area contributed by atoms with Crippen LogP contribution in [0, 0.1) is 0 Å². The number of hydrogen-bond donors (Lipinski definition) is 2. The first-order valence-corrected chi connectivity index (χ1v) is 7.17. The first-order valence-electron chi connectivity index (χ1n) is 7.17. The van der Waals surface area contributed by atoms with Crippen LogP contribution >= 0.6 is 0 Å². The fourth-order valence-electron chi connectivity index (χ4n) is 2.72. The summed E-state index contributed by atoms with van der Waals surface area (Å²) >= 11 is 0. The van der Waals surface area contributed by atoms with Gasteiger partial charge in [0.15, 0.2) is 0 Å². The van der Waals surface area contributed by atoms with Crippen LogP contribution in [0.3, 0.4) is 0 Å². The van der Waals surface area contributed by atoms with Crippen LogP contribution in [0.5, 0.6) is 0 Å². The van der Waals surface area contributed by atoms with Gasteiger partial charge in [0, 0.05) is 20.2 Å². The van der Waals surface area contributed by atoms with E-state index in [2.05, 4.69) is 11.8 Å². The molecule has 4 heteroatoms. The fourth-order valence-corrected chi connectivity index (χ4v) is 2.72. The van der Waals surface area contributed by atoms with E-state index in [1.165, 1.54) is 6.42 Å². The Bertz CT molecular complexity index is 244. The molecular weight excluding hydrogens is 228 g/mol. The molecule has 3 N–H and O–H groups in total. The van der Waals surface area contributed by atoms with Crippen LogP contribution in [0.25, 0.3) is 0 Å². The number of hydrogen-bond acceptors (Lipinski definition) is 4. The van der Waals surface area contributed by atoms with E-state index in [0.717, 1.165) is 45.3 Å². The van der Waals surface area contributed by atoms with Crippen LogP contribution in [0.4, 0.5) is 0 Å². The molecule has 1 rings (SSSR count). The number of nitrogens with two attached hydrogens (primary N) is 1. The van der Waals surface area contributed by atoms with Crippen LogP contribution in [0.15, 0.2) is 0 Å². The third-order valence-corrected chi connectivity index (χ3v) is 4.39. The van der Waals surface area contributed by atoms with E-state index in [1.807, 2.05) is 6.92 Å². The molecule has 18 heavy (non-hydrogen) atoms. The van der Waals surface area contributed by atoms with Gasteiger partial charge in [-0.05, 0) is 52.1 Å². The molecule has 1 aliphatic heterocycles. The van der Waals surface area contributed by atoms with E-state index >= 15 is 0 Å². The first kappa shape index (κ1) is 15.9. The molecule has 1 fully saturated rings. The monoisotopic (exact) mass is 258 g/mol. The van der Waals surface area contributed by atoms with Gasteiger partial charge in [-0.3, -0.25) is 0 Å². The van der Waals surface area contributed by atoms with E-state index in [9.17, 15) is 5.11 Å². The second-order valence-corrected chi connectivity index (χ2v) is 5.92. The standard InChI is InChI=1S/C14H30N2O2/c1-4-14(17,11-15)8-6-10-16-9-5-7-13(2,12-16)18-3/h17H,4-12,15H2,1-3H3. The molecule has 0 aromatic carbocycles. The molecule has 0 radical (unpaired) electrons. The quantitative estimate of drug-likeness (QED) is 0.724. The molecule has 0 saturated carbocycles. The lowest BCUT2D eigenvalue weighted by Gasteiger charge is -2.39. The van der Waals surface area contributed by atoms with Gasteiger partial charge in [-0.25, -0.2) is 0 Å². The summed E-state index contributed by atoms with van der Waals surface area (Å²) < 4.78 is 5.59. The van der Waals surface area contributed by atoms with E-state index < -0.39 is 5.60 Å². The van der Waals surface area contributed by atoms with E-state index in [-0.39, 0.29) is 5.60 Å². The highest BCUT2D eigenvalue weighted by atomic mass is 16.5. The van der Waals surface area contributed by atoms with Crippen molar-refractivity contribution in [3.05, 3.63) is 0 Å². The van der Waals surface area contributed by atoms with Crippen molar-refractivity contribution in [2.45, 2.75) is 57.2 Å². The molecule has 2 unspecified atom stereocenters. The Morgan fingerprint density at radius 3 is 2.78 bits per heavy atom. The maximum absolute atomic E-state index is 10.1. The molecule has 0 bridgehead atoms. The minimum absolute atomic E-state index is 0.00712. The molecule has 108 valence electrons. The van der Waals surface area contributed by atoms with Crippen LogP contribution in [0.1, 0.15) is 46.0 Å². The average molecular weight is 258 g/mol. The summed E-state index contributed by atoms with van der Waals surface area (Å²) in [6.07, 6.45) is 4.86. The number of likely N-dealkylation sites (tertiary alicyclic amines) is 1. The summed E-state index contributed by atoms with van der Waals surface area (Å²) in [4.78, 5) is 2.44. The Hall–Kier alpha value is -0.160. The zero-order chi connectivity index (χ0) is 13.6. The molecule has 0 aliphatic carbocycles. The molecule has 0 spiro atoms. The Kier molecular flexibility index (Phi) is 6.05. The SMILES string of the molecule is CCC(O)(CN)CCCN1CCCC(C)(OC)C1. The normalized spacial score (nSPS) is 29.2. The second kappa shape index (κ2) is 6.85. The summed E-state index contributed by atoms with van der Waals surface area (Å²) in [5, 5.41) is 10.1. The van der Waals surface area contributed by atoms with Gasteiger partial charge in [-0.2, -0.15) is 0 Å². The van der Waals surface area contributed by atoms with Gasteiger partial charge in [0.1, 0.15) is 0 Å². The van der Waals surface area contributed by atoms with Gasteiger partial charge in [0.05, 0.1) is 11.2 Å². The third kappa shape index (κ3) is 4.50. The number of methoxy groups -OCH3 is 1. The summed E-state index contributed by atoms with van der Waals surface area (Å²) in [6.45, 7) is 7.71. The minimum Gasteiger partial charge on any atom is -0.389 e. The number of nitrogens with zero attached hydrogens (tertiary/aromatic N) is 1. The minimum atomic E-state index is -0.666. The number of aliphatic hydroxyl groups is 1. The number of ether oxygens (including phenoxy) is 1. The highest BCUT2D eigenvalue weighted by Crippen LogP contribution is 2.24. The second-order valence-electron chi connectivity index (χ2n) is 5.92. The largest absolute Gasteiger partial charge is 0.389 e. The maximum Gasteiger partial charge on any atom is 0.0777 e. The van der Waals surface area contributed by atoms with Gasteiger partial charge in [0.2, 0.25) is 0 Å². The highest BCUT2D eigenvalue weighted by Gasteiger charge is 2.30. The fraction of sp³-hybridized carbons (Fsp3) is 1.00. The molecule has 4 nitrogen and oxygen atoms in total. The molecule has 0 aromatic rings. The van der Waals surface area contributed by atoms with Gasteiger partial charge < -0.3 is 20.5 Å². The topological polar surface area (TPSA) is 58.7 Å². The molecule has 0 amide bonds. The van der Waals surface area contributed by atoms with Crippen molar-refractivity contribution in [1.82, 2.24) is 4.90 Å². The van der Waals surface area contributed by atoms with Crippen LogP contribution in [-0.2, 0) is 4.74 Å². The van der Waals surface area contributed by atoms with E-state index in [0.29, 0.717) is 6.54 Å². The van der Waals surface area contributed by atoms with Crippen molar-refractivity contribution >= 4 is 0 Å². The van der Waals surface area contributed by atoms with Crippen molar-refractivity contribution in [3.8, 4) is 0 Å². The lowest BCUT2D eigenvalue weighted by molar-refractivity contribution is -0.0523. The van der Waals surface area contributed by atoms with Crippen molar-refractivity contribution in [2.24, 2.45) is 5.73 Å². The molecule has 0 aromatic heterocycles. The van der Waals surface area contributed by atoms with E-state index in [1.54, 1.807) is 7.11 Å². The highest BCUT2D eigenvalue weighted by molar-refractivity contribution is 4.85. The number of rotatable bonds is 7. The zero-order valence-corrected chi connectivity index (χ0v) is 12.2. The lowest BCUT2D eigenvalue weighted by atomic mass is 9.92. The van der Waals surface area contributed by atoms with Gasteiger partial charge in [-0.15, -0.1) is 0 Å². The molecule has 2 atom stereocenters. The third-order valence-electron chi connectivity index (χ3n) is 4.39. The lowest BCUT2D eigenvalue weighted by Crippen LogP contribution is -2.48. The molecule has 1 saturated heterocycles. The maximum atomic E-state index is 10.1. The van der Waals surface area contributed by atoms with Crippen molar-refractivity contribution in [1.29, 1.82) is 0 Å². The zero-order valence-electron chi connectivity index (χ0n) is 12.2. The van der Waals surface area contributed by atoms with Crippen LogP contribution < -0.4 is 5.73 Å². The predicted octanol–water partition coefficient (Wildman–Crippen LogP) is 1.37. The first-order chi connectivity index (χ1) is 8.47. The molecule has 1 heterocycles. The van der Waals surface area contributed by atoms with Gasteiger partial charge >= 0.3 is 0 Å². The Labute approximate surface area is 111 Å². The summed E-state index contributed by atoms with van der Waals surface area (Å²) in [7, 11) is 1.80. The molecule has 1 aliphatic rings. The van der Waals surface area contributed by atoms with Crippen molar-refractivity contribution in [3.63, 3.8) is 0 Å². The van der Waals surface area contributed by atoms with Crippen molar-refractivity contribution < 1.29 is 9.84 Å². The Morgan fingerprint density at radius 1 is 1.50 bits per heavy atom. The summed E-state index contributed by atoms with van der Waals surface area (Å²) in [5.41, 5.74) is 4.96. The van der Waals surface area contributed by atoms with E-state index in [4.69, 9.17) is 10.5 Å².